The van der Waals surface area contributed by atoms with E-state index in [0.29, 0.717) is 40.1 Å². The molecule has 0 unspecified atom stereocenters. The topological polar surface area (TPSA) is 85.9 Å². The second-order valence-electron chi connectivity index (χ2n) is 9.80. The Kier molecular flexibility index (Phi) is 9.16. The number of anilines is 3. The van der Waals surface area contributed by atoms with Crippen LogP contribution in [0.2, 0.25) is 5.02 Å². The number of carbonyl (C=O) groups is 3. The molecule has 0 spiro atoms. The van der Waals surface area contributed by atoms with Crippen LogP contribution in [0.25, 0.3) is 0 Å². The summed E-state index contributed by atoms with van der Waals surface area (Å²) in [7, 11) is 0. The molecule has 1 N–H and O–H groups in total. The van der Waals surface area contributed by atoms with E-state index in [0.717, 1.165) is 58.3 Å². The Morgan fingerprint density at radius 2 is 1.97 bits per heavy atom. The summed E-state index contributed by atoms with van der Waals surface area (Å²) in [6, 6.07) is 8.45. The molecule has 1 saturated heterocycles. The first kappa shape index (κ1) is 27.1. The van der Waals surface area contributed by atoms with Gasteiger partial charge in [0.1, 0.15) is 0 Å². The normalized spacial score (nSPS) is 16.0. The highest BCUT2D eigenvalue weighted by molar-refractivity contribution is 6.31. The van der Waals surface area contributed by atoms with Crippen LogP contribution in [0, 0.1) is 5.92 Å². The van der Waals surface area contributed by atoms with Gasteiger partial charge in [-0.25, -0.2) is 4.98 Å². The molecule has 1 fully saturated rings. The summed E-state index contributed by atoms with van der Waals surface area (Å²) in [4.78, 5) is 48.8. The lowest BCUT2D eigenvalue weighted by molar-refractivity contribution is -0.131. The summed E-state index contributed by atoms with van der Waals surface area (Å²) in [6.07, 6.45) is 7.31. The Morgan fingerprint density at radius 1 is 1.19 bits per heavy atom. The van der Waals surface area contributed by atoms with Crippen molar-refractivity contribution in [1.82, 2.24) is 14.8 Å². The van der Waals surface area contributed by atoms with E-state index in [2.05, 4.69) is 15.2 Å². The van der Waals surface area contributed by atoms with Crippen LogP contribution >= 0.6 is 11.6 Å². The van der Waals surface area contributed by atoms with Crippen molar-refractivity contribution in [2.24, 2.45) is 5.92 Å². The largest absolute Gasteiger partial charge is 0.343 e. The van der Waals surface area contributed by atoms with Crippen molar-refractivity contribution in [1.29, 1.82) is 0 Å². The number of likely N-dealkylation sites (tertiary alicyclic amines) is 1. The van der Waals surface area contributed by atoms with Crippen molar-refractivity contribution in [3.8, 4) is 0 Å². The number of fused-ring (bicyclic) bond motifs is 2. The number of rotatable bonds is 9. The van der Waals surface area contributed by atoms with Crippen molar-refractivity contribution in [3.63, 3.8) is 0 Å². The fraction of sp³-hybridized carbons (Fsp3) is 0.500. The molecule has 0 radical (unpaired) electrons. The first-order chi connectivity index (χ1) is 17.9. The average Bonchev–Trinajstić information content (AvgIpc) is 3.01. The number of pyridine rings is 1. The molecule has 4 rings (SSSR count). The van der Waals surface area contributed by atoms with E-state index in [1.165, 1.54) is 4.90 Å². The molecular weight excluding hydrogens is 490 g/mol. The van der Waals surface area contributed by atoms with Crippen LogP contribution in [0.15, 0.2) is 36.5 Å². The summed E-state index contributed by atoms with van der Waals surface area (Å²) in [5.74, 6) is 0.822. The number of hydrogen-bond acceptors (Lipinski definition) is 5. The SMILES string of the molecule is CCCC(=O)N(CC)CCCC1CCN(CC(=O)N2c3ccc(Cl)cc3C(=O)Nc3cccnc32)CC1. The number of carbonyl (C=O) groups excluding carboxylic acids is 3. The number of hydrogen-bond donors (Lipinski definition) is 1. The Bertz CT molecular complexity index is 1130. The van der Waals surface area contributed by atoms with Gasteiger partial charge in [-0.1, -0.05) is 18.5 Å². The fourth-order valence-corrected chi connectivity index (χ4v) is 5.38. The van der Waals surface area contributed by atoms with E-state index in [1.54, 1.807) is 36.5 Å². The minimum atomic E-state index is -0.319. The number of nitrogens with zero attached hydrogens (tertiary/aromatic N) is 4. The quantitative estimate of drug-likeness (QED) is 0.492. The second-order valence-corrected chi connectivity index (χ2v) is 10.2. The van der Waals surface area contributed by atoms with Crippen molar-refractivity contribution >= 4 is 46.5 Å². The molecule has 0 aliphatic carbocycles. The molecule has 37 heavy (non-hydrogen) atoms. The molecule has 198 valence electrons. The van der Waals surface area contributed by atoms with Gasteiger partial charge in [0.2, 0.25) is 11.8 Å². The maximum Gasteiger partial charge on any atom is 0.257 e. The standard InChI is InChI=1S/C28H36ClN5O3/c1-3-7-25(35)33(4-2)15-6-8-20-12-16-32(17-13-20)19-26(36)34-24-11-10-21(29)18-22(24)28(37)31-23-9-5-14-30-27(23)34/h5,9-11,14,18,20H,3-4,6-8,12-13,15-17,19H2,1-2H3,(H,31,37). The van der Waals surface area contributed by atoms with Crippen molar-refractivity contribution in [2.45, 2.75) is 52.4 Å². The van der Waals surface area contributed by atoms with Crippen molar-refractivity contribution < 1.29 is 14.4 Å². The predicted molar refractivity (Wildman–Crippen MR) is 146 cm³/mol. The lowest BCUT2D eigenvalue weighted by Gasteiger charge is -2.33. The molecule has 2 aliphatic heterocycles. The van der Waals surface area contributed by atoms with Crippen LogP contribution in [-0.2, 0) is 9.59 Å². The number of piperidine rings is 1. The van der Waals surface area contributed by atoms with E-state index in [1.807, 2.05) is 18.7 Å². The van der Waals surface area contributed by atoms with Crippen molar-refractivity contribution in [2.75, 3.05) is 42.9 Å². The van der Waals surface area contributed by atoms with Crippen LogP contribution in [-0.4, -0.2) is 65.2 Å². The first-order valence-electron chi connectivity index (χ1n) is 13.3. The predicted octanol–water partition coefficient (Wildman–Crippen LogP) is 5.11. The highest BCUT2D eigenvalue weighted by Crippen LogP contribution is 2.37. The van der Waals surface area contributed by atoms with Crippen LogP contribution in [0.1, 0.15) is 62.7 Å². The van der Waals surface area contributed by atoms with E-state index in [4.69, 9.17) is 11.6 Å². The number of aromatic nitrogens is 1. The molecule has 0 saturated carbocycles. The summed E-state index contributed by atoms with van der Waals surface area (Å²) in [6.45, 7) is 7.61. The van der Waals surface area contributed by atoms with E-state index in [-0.39, 0.29) is 24.3 Å². The molecule has 8 nitrogen and oxygen atoms in total. The molecular formula is C28H36ClN5O3. The van der Waals surface area contributed by atoms with Crippen LogP contribution in [0.5, 0.6) is 0 Å². The number of nitrogens with one attached hydrogen (secondary N) is 1. The highest BCUT2D eigenvalue weighted by atomic mass is 35.5. The van der Waals surface area contributed by atoms with Gasteiger partial charge in [-0.2, -0.15) is 0 Å². The lowest BCUT2D eigenvalue weighted by atomic mass is 9.92. The molecule has 9 heteroatoms. The molecule has 0 bridgehead atoms. The Morgan fingerprint density at radius 3 is 2.70 bits per heavy atom. The first-order valence-corrected chi connectivity index (χ1v) is 13.7. The third kappa shape index (κ3) is 6.48. The maximum absolute atomic E-state index is 13.6. The third-order valence-electron chi connectivity index (χ3n) is 7.24. The smallest absolute Gasteiger partial charge is 0.257 e. The minimum Gasteiger partial charge on any atom is -0.343 e. The summed E-state index contributed by atoms with van der Waals surface area (Å²) in [5, 5.41) is 3.28. The average molecular weight is 526 g/mol. The summed E-state index contributed by atoms with van der Waals surface area (Å²) >= 11 is 6.17. The highest BCUT2D eigenvalue weighted by Gasteiger charge is 2.32. The summed E-state index contributed by atoms with van der Waals surface area (Å²) < 4.78 is 0. The molecule has 0 atom stereocenters. The fourth-order valence-electron chi connectivity index (χ4n) is 5.21. The number of benzene rings is 1. The maximum atomic E-state index is 13.6. The van der Waals surface area contributed by atoms with Gasteiger partial charge < -0.3 is 10.2 Å². The van der Waals surface area contributed by atoms with Gasteiger partial charge in [0.25, 0.3) is 5.91 Å². The zero-order chi connectivity index (χ0) is 26.4. The molecule has 2 aromatic rings. The molecule has 1 aromatic heterocycles. The molecule has 1 aromatic carbocycles. The van der Waals surface area contributed by atoms with Gasteiger partial charge >= 0.3 is 0 Å². The van der Waals surface area contributed by atoms with Gasteiger partial charge in [0, 0.05) is 30.7 Å². The minimum absolute atomic E-state index is 0.133. The van der Waals surface area contributed by atoms with Crippen LogP contribution < -0.4 is 10.2 Å². The second kappa shape index (κ2) is 12.5. The Labute approximate surface area is 224 Å². The lowest BCUT2D eigenvalue weighted by Crippen LogP contribution is -2.42. The zero-order valence-electron chi connectivity index (χ0n) is 21.7. The zero-order valence-corrected chi connectivity index (χ0v) is 22.5. The van der Waals surface area contributed by atoms with Gasteiger partial charge in [-0.15, -0.1) is 0 Å². The number of halogens is 1. The van der Waals surface area contributed by atoms with E-state index < -0.39 is 0 Å². The monoisotopic (exact) mass is 525 g/mol. The van der Waals surface area contributed by atoms with E-state index in [9.17, 15) is 14.4 Å². The third-order valence-corrected chi connectivity index (χ3v) is 7.48. The van der Waals surface area contributed by atoms with Gasteiger partial charge in [-0.05, 0) is 88.4 Å². The van der Waals surface area contributed by atoms with Gasteiger partial charge in [0.15, 0.2) is 5.82 Å². The van der Waals surface area contributed by atoms with Crippen molar-refractivity contribution in [3.05, 3.63) is 47.1 Å². The number of amides is 3. The Hall–Kier alpha value is -2.97. The van der Waals surface area contributed by atoms with Crippen LogP contribution in [0.4, 0.5) is 17.2 Å². The Balaban J connectivity index is 1.37. The van der Waals surface area contributed by atoms with Gasteiger partial charge in [-0.3, -0.25) is 24.2 Å². The van der Waals surface area contributed by atoms with Crippen LogP contribution in [0.3, 0.4) is 0 Å². The van der Waals surface area contributed by atoms with E-state index >= 15 is 0 Å². The molecule has 2 aliphatic rings. The molecule has 3 amide bonds. The van der Waals surface area contributed by atoms with Gasteiger partial charge in [0.05, 0.1) is 23.5 Å². The molecule has 3 heterocycles. The summed E-state index contributed by atoms with van der Waals surface area (Å²) in [5.41, 5.74) is 1.32.